The Kier molecular flexibility index (Phi) is 4.87. The molecule has 0 saturated carbocycles. The average molecular weight is 292 g/mol. The minimum Gasteiger partial charge on any atom is -0.368 e. The van der Waals surface area contributed by atoms with Crippen LogP contribution in [0.3, 0.4) is 0 Å². The zero-order valence-corrected chi connectivity index (χ0v) is 11.6. The monoisotopic (exact) mass is 290 g/mol. The van der Waals surface area contributed by atoms with Crippen molar-refractivity contribution in [2.45, 2.75) is 26.1 Å². The molecule has 0 aliphatic carbocycles. The number of hydrogen-bond acceptors (Lipinski definition) is 2. The third kappa shape index (κ3) is 3.99. The molecule has 1 unspecified atom stereocenters. The van der Waals surface area contributed by atoms with Crippen LogP contribution in [0, 0.1) is 12.8 Å². The number of rotatable bonds is 4. The third-order valence-electron chi connectivity index (χ3n) is 2.23. The molecular weight excluding hydrogens is 275 g/mol. The van der Waals surface area contributed by atoms with E-state index in [1.165, 1.54) is 0 Å². The number of aromatic nitrogens is 1. The predicted molar refractivity (Wildman–Crippen MR) is 69.6 cm³/mol. The molecule has 1 N–H and O–H groups in total. The molecule has 1 rings (SSSR count). The fourth-order valence-corrected chi connectivity index (χ4v) is 1.68. The smallest absolute Gasteiger partial charge is 0.128 e. The van der Waals surface area contributed by atoms with Gasteiger partial charge in [0.15, 0.2) is 0 Å². The topological polar surface area (TPSA) is 24.9 Å². The zero-order valence-electron chi connectivity index (χ0n) is 9.22. The summed E-state index contributed by atoms with van der Waals surface area (Å²) in [5.41, 5.74) is 1.12. The molecule has 84 valence electrons. The van der Waals surface area contributed by atoms with Crippen LogP contribution in [0.2, 0.25) is 0 Å². The first-order valence-corrected chi connectivity index (χ1v) is 6.23. The van der Waals surface area contributed by atoms with Gasteiger partial charge < -0.3 is 5.32 Å². The van der Waals surface area contributed by atoms with Gasteiger partial charge in [-0.15, -0.1) is 11.6 Å². The van der Waals surface area contributed by atoms with E-state index >= 15 is 0 Å². The van der Waals surface area contributed by atoms with Crippen LogP contribution in [0.4, 0.5) is 5.82 Å². The molecule has 0 amide bonds. The van der Waals surface area contributed by atoms with Crippen LogP contribution in [-0.4, -0.2) is 16.9 Å². The minimum atomic E-state index is 0.134. The van der Waals surface area contributed by atoms with Gasteiger partial charge in [0.1, 0.15) is 5.82 Å². The normalized spacial score (nSPS) is 12.9. The van der Waals surface area contributed by atoms with Crippen molar-refractivity contribution in [1.82, 2.24) is 4.98 Å². The molecule has 0 aromatic carbocycles. The molecule has 0 radical (unpaired) electrons. The van der Waals surface area contributed by atoms with Gasteiger partial charge >= 0.3 is 0 Å². The van der Waals surface area contributed by atoms with Gasteiger partial charge in [-0.1, -0.05) is 13.8 Å². The van der Waals surface area contributed by atoms with Crippen molar-refractivity contribution in [1.29, 1.82) is 0 Å². The summed E-state index contributed by atoms with van der Waals surface area (Å²) in [5, 5.41) is 3.39. The summed E-state index contributed by atoms with van der Waals surface area (Å²) >= 11 is 9.53. The molecule has 0 saturated heterocycles. The third-order valence-corrected chi connectivity index (χ3v) is 3.32. The van der Waals surface area contributed by atoms with Gasteiger partial charge in [0.25, 0.3) is 0 Å². The maximum Gasteiger partial charge on any atom is 0.128 e. The summed E-state index contributed by atoms with van der Waals surface area (Å²) < 4.78 is 0.997. The zero-order chi connectivity index (χ0) is 11.4. The van der Waals surface area contributed by atoms with Crippen molar-refractivity contribution < 1.29 is 0 Å². The van der Waals surface area contributed by atoms with Gasteiger partial charge in [0.05, 0.1) is 5.38 Å². The number of aryl methyl sites for hydroxylation is 1. The number of alkyl halides is 1. The Hall–Kier alpha value is -0.280. The highest BCUT2D eigenvalue weighted by Gasteiger charge is 2.09. The molecule has 0 aliphatic rings. The highest BCUT2D eigenvalue weighted by molar-refractivity contribution is 9.10. The number of nitrogens with zero attached hydrogens (tertiary/aromatic N) is 1. The van der Waals surface area contributed by atoms with E-state index in [0.29, 0.717) is 5.92 Å². The van der Waals surface area contributed by atoms with Crippen LogP contribution in [0.25, 0.3) is 0 Å². The lowest BCUT2D eigenvalue weighted by atomic mass is 10.1. The number of halogens is 2. The molecule has 1 heterocycles. The van der Waals surface area contributed by atoms with Crippen LogP contribution in [0.5, 0.6) is 0 Å². The SMILES string of the molecule is Cc1cc(Br)cnc1NCC(Cl)C(C)C. The Morgan fingerprint density at radius 1 is 1.53 bits per heavy atom. The Morgan fingerprint density at radius 2 is 2.20 bits per heavy atom. The highest BCUT2D eigenvalue weighted by atomic mass is 79.9. The van der Waals surface area contributed by atoms with Gasteiger partial charge in [0, 0.05) is 17.2 Å². The molecule has 15 heavy (non-hydrogen) atoms. The van der Waals surface area contributed by atoms with Gasteiger partial charge in [-0.2, -0.15) is 0 Å². The minimum absolute atomic E-state index is 0.134. The van der Waals surface area contributed by atoms with Gasteiger partial charge in [-0.05, 0) is 40.4 Å². The van der Waals surface area contributed by atoms with Crippen molar-refractivity contribution in [2.75, 3.05) is 11.9 Å². The number of pyridine rings is 1. The summed E-state index contributed by atoms with van der Waals surface area (Å²) in [6, 6.07) is 2.04. The molecule has 1 atom stereocenters. The number of anilines is 1. The van der Waals surface area contributed by atoms with Crippen molar-refractivity contribution in [3.05, 3.63) is 22.3 Å². The molecule has 2 nitrogen and oxygen atoms in total. The second kappa shape index (κ2) is 5.71. The van der Waals surface area contributed by atoms with Crippen molar-refractivity contribution in [3.8, 4) is 0 Å². The van der Waals surface area contributed by atoms with E-state index in [1.807, 2.05) is 13.0 Å². The first-order valence-electron chi connectivity index (χ1n) is 5.00. The lowest BCUT2D eigenvalue weighted by Crippen LogP contribution is -2.20. The fourth-order valence-electron chi connectivity index (χ4n) is 1.16. The molecule has 1 aromatic heterocycles. The van der Waals surface area contributed by atoms with Crippen molar-refractivity contribution in [2.24, 2.45) is 5.92 Å². The lowest BCUT2D eigenvalue weighted by Gasteiger charge is -2.15. The second-order valence-electron chi connectivity index (χ2n) is 3.96. The summed E-state index contributed by atoms with van der Waals surface area (Å²) in [6.07, 6.45) is 1.79. The summed E-state index contributed by atoms with van der Waals surface area (Å²) in [5.74, 6) is 1.37. The lowest BCUT2D eigenvalue weighted by molar-refractivity contribution is 0.615. The van der Waals surface area contributed by atoms with Crippen LogP contribution in [0.15, 0.2) is 16.7 Å². The molecule has 0 spiro atoms. The molecule has 4 heteroatoms. The number of nitrogens with one attached hydrogen (secondary N) is 1. The van der Waals surface area contributed by atoms with E-state index in [2.05, 4.69) is 40.1 Å². The van der Waals surface area contributed by atoms with Crippen LogP contribution >= 0.6 is 27.5 Å². The van der Waals surface area contributed by atoms with E-state index in [4.69, 9.17) is 11.6 Å². The molecule has 0 aliphatic heterocycles. The van der Waals surface area contributed by atoms with E-state index in [-0.39, 0.29) is 5.38 Å². The maximum atomic E-state index is 6.15. The quantitative estimate of drug-likeness (QED) is 0.853. The van der Waals surface area contributed by atoms with Crippen molar-refractivity contribution in [3.63, 3.8) is 0 Å². The summed E-state index contributed by atoms with van der Waals surface area (Å²) in [6.45, 7) is 7.00. The first kappa shape index (κ1) is 12.8. The molecule has 1 aromatic rings. The molecular formula is C11H16BrClN2. The second-order valence-corrected chi connectivity index (χ2v) is 5.44. The van der Waals surface area contributed by atoms with E-state index in [0.717, 1.165) is 22.4 Å². The first-order chi connectivity index (χ1) is 7.00. The number of hydrogen-bond donors (Lipinski definition) is 1. The molecule has 0 bridgehead atoms. The Balaban J connectivity index is 2.58. The van der Waals surface area contributed by atoms with E-state index in [9.17, 15) is 0 Å². The standard InChI is InChI=1S/C11H16BrClN2/c1-7(2)10(13)6-15-11-8(3)4-9(12)5-14-11/h4-5,7,10H,6H2,1-3H3,(H,14,15). The van der Waals surface area contributed by atoms with Gasteiger partial charge in [-0.3, -0.25) is 0 Å². The van der Waals surface area contributed by atoms with Gasteiger partial charge in [-0.25, -0.2) is 4.98 Å². The Bertz CT molecular complexity index is 328. The van der Waals surface area contributed by atoms with Crippen molar-refractivity contribution >= 4 is 33.3 Å². The fraction of sp³-hybridized carbons (Fsp3) is 0.545. The summed E-state index contributed by atoms with van der Waals surface area (Å²) in [7, 11) is 0. The van der Waals surface area contributed by atoms with E-state index < -0.39 is 0 Å². The van der Waals surface area contributed by atoms with Crippen LogP contribution < -0.4 is 5.32 Å². The largest absolute Gasteiger partial charge is 0.368 e. The Labute approximate surface area is 105 Å². The Morgan fingerprint density at radius 3 is 2.73 bits per heavy atom. The molecule has 0 fully saturated rings. The van der Waals surface area contributed by atoms with Crippen LogP contribution in [0.1, 0.15) is 19.4 Å². The van der Waals surface area contributed by atoms with E-state index in [1.54, 1.807) is 6.20 Å². The summed E-state index contributed by atoms with van der Waals surface area (Å²) in [4.78, 5) is 4.29. The average Bonchev–Trinajstić information content (AvgIpc) is 2.15. The predicted octanol–water partition coefficient (Wildman–Crippen LogP) is 3.83. The highest BCUT2D eigenvalue weighted by Crippen LogP contribution is 2.18. The van der Waals surface area contributed by atoms with Crippen LogP contribution in [-0.2, 0) is 0 Å². The van der Waals surface area contributed by atoms with Gasteiger partial charge in [0.2, 0.25) is 0 Å². The maximum absolute atomic E-state index is 6.15.